The van der Waals surface area contributed by atoms with E-state index in [4.69, 9.17) is 0 Å². The molecule has 2 nitrogen and oxygen atoms in total. The Balaban J connectivity index is 3.72. The summed E-state index contributed by atoms with van der Waals surface area (Å²) in [6, 6.07) is 0. The minimum absolute atomic E-state index is 0.473. The zero-order chi connectivity index (χ0) is 11.8. The number of rotatable bonds is 8. The lowest BCUT2D eigenvalue weighted by Gasteiger charge is -2.23. The predicted octanol–water partition coefficient (Wildman–Crippen LogP) is 2.97. The maximum atomic E-state index is 9.79. The number of hydrogen-bond acceptors (Lipinski definition) is 2. The summed E-state index contributed by atoms with van der Waals surface area (Å²) in [6.45, 7) is 8.58. The molecule has 0 aromatic heterocycles. The minimum Gasteiger partial charge on any atom is -0.390 e. The van der Waals surface area contributed by atoms with Gasteiger partial charge in [-0.3, -0.25) is 0 Å². The van der Waals surface area contributed by atoms with Crippen LogP contribution in [0.5, 0.6) is 0 Å². The third kappa shape index (κ3) is 6.91. The molecule has 0 saturated heterocycles. The van der Waals surface area contributed by atoms with Crippen LogP contribution in [-0.2, 0) is 0 Å². The molecule has 0 aromatic rings. The van der Waals surface area contributed by atoms with Gasteiger partial charge in [0.15, 0.2) is 0 Å². The summed E-state index contributed by atoms with van der Waals surface area (Å²) in [4.78, 5) is 0. The van der Waals surface area contributed by atoms with Gasteiger partial charge in [-0.2, -0.15) is 0 Å². The van der Waals surface area contributed by atoms with Crippen LogP contribution < -0.4 is 0 Å². The first-order valence-corrected chi connectivity index (χ1v) is 6.35. The van der Waals surface area contributed by atoms with Crippen LogP contribution in [-0.4, -0.2) is 22.4 Å². The van der Waals surface area contributed by atoms with Crippen LogP contribution in [0.4, 0.5) is 0 Å². The van der Waals surface area contributed by atoms with Gasteiger partial charge >= 0.3 is 0 Å². The van der Waals surface area contributed by atoms with E-state index in [1.54, 1.807) is 0 Å². The second kappa shape index (κ2) is 8.12. The van der Waals surface area contributed by atoms with Crippen LogP contribution in [0.3, 0.4) is 0 Å². The standard InChI is InChI=1S/C13H28O2/c1-5-6-7-8-12(14)13(15)9-11(4)10(2)3/h10-15H,5-9H2,1-4H3. The van der Waals surface area contributed by atoms with Gasteiger partial charge < -0.3 is 10.2 Å². The van der Waals surface area contributed by atoms with Crippen molar-refractivity contribution in [2.45, 2.75) is 72.0 Å². The lowest BCUT2D eigenvalue weighted by atomic mass is 9.89. The van der Waals surface area contributed by atoms with Crippen molar-refractivity contribution in [1.29, 1.82) is 0 Å². The number of aliphatic hydroxyl groups excluding tert-OH is 2. The van der Waals surface area contributed by atoms with Crippen LogP contribution in [0.1, 0.15) is 59.8 Å². The topological polar surface area (TPSA) is 40.5 Å². The summed E-state index contributed by atoms with van der Waals surface area (Å²) in [5, 5.41) is 19.5. The molecule has 0 saturated carbocycles. The highest BCUT2D eigenvalue weighted by molar-refractivity contribution is 4.71. The summed E-state index contributed by atoms with van der Waals surface area (Å²) >= 11 is 0. The predicted molar refractivity (Wildman–Crippen MR) is 64.8 cm³/mol. The minimum atomic E-state index is -0.542. The van der Waals surface area contributed by atoms with Crippen molar-refractivity contribution in [3.05, 3.63) is 0 Å². The van der Waals surface area contributed by atoms with Crippen molar-refractivity contribution in [3.63, 3.8) is 0 Å². The zero-order valence-electron chi connectivity index (χ0n) is 10.7. The molecule has 2 heteroatoms. The van der Waals surface area contributed by atoms with E-state index in [1.165, 1.54) is 0 Å². The first kappa shape index (κ1) is 14.9. The zero-order valence-corrected chi connectivity index (χ0v) is 10.7. The number of unbranched alkanes of at least 4 members (excludes halogenated alkanes) is 2. The van der Waals surface area contributed by atoms with E-state index in [0.29, 0.717) is 18.3 Å². The van der Waals surface area contributed by atoms with E-state index < -0.39 is 12.2 Å². The van der Waals surface area contributed by atoms with E-state index in [9.17, 15) is 10.2 Å². The maximum absolute atomic E-state index is 9.79. The molecule has 0 aromatic carbocycles. The van der Waals surface area contributed by atoms with Crippen LogP contribution in [0, 0.1) is 11.8 Å². The van der Waals surface area contributed by atoms with Crippen molar-refractivity contribution in [3.8, 4) is 0 Å². The molecule has 0 radical (unpaired) electrons. The molecule has 0 heterocycles. The summed E-state index contributed by atoms with van der Waals surface area (Å²) < 4.78 is 0. The van der Waals surface area contributed by atoms with Gasteiger partial charge in [-0.15, -0.1) is 0 Å². The Morgan fingerprint density at radius 3 is 2.00 bits per heavy atom. The Hall–Kier alpha value is -0.0800. The van der Waals surface area contributed by atoms with Crippen molar-refractivity contribution in [2.24, 2.45) is 11.8 Å². The molecule has 0 amide bonds. The molecule has 0 aliphatic heterocycles. The highest BCUT2D eigenvalue weighted by Gasteiger charge is 2.19. The second-order valence-corrected chi connectivity index (χ2v) is 5.09. The SMILES string of the molecule is CCCCCC(O)C(O)CC(C)C(C)C. The molecule has 0 bridgehead atoms. The Morgan fingerprint density at radius 2 is 1.53 bits per heavy atom. The molecule has 15 heavy (non-hydrogen) atoms. The molecule has 0 spiro atoms. The molecule has 3 unspecified atom stereocenters. The Labute approximate surface area is 94.7 Å². The van der Waals surface area contributed by atoms with Crippen LogP contribution in [0.2, 0.25) is 0 Å². The molecule has 0 aliphatic carbocycles. The van der Waals surface area contributed by atoms with Crippen molar-refractivity contribution in [1.82, 2.24) is 0 Å². The second-order valence-electron chi connectivity index (χ2n) is 5.09. The summed E-state index contributed by atoms with van der Waals surface area (Å²) in [5.41, 5.74) is 0. The lowest BCUT2D eigenvalue weighted by molar-refractivity contribution is -0.00286. The van der Waals surface area contributed by atoms with Gasteiger partial charge in [-0.05, 0) is 24.7 Å². The number of aliphatic hydroxyl groups is 2. The first-order valence-electron chi connectivity index (χ1n) is 6.35. The molecule has 92 valence electrons. The highest BCUT2D eigenvalue weighted by Crippen LogP contribution is 2.19. The smallest absolute Gasteiger partial charge is 0.0801 e. The van der Waals surface area contributed by atoms with E-state index in [2.05, 4.69) is 27.7 Å². The lowest BCUT2D eigenvalue weighted by Crippen LogP contribution is -2.28. The van der Waals surface area contributed by atoms with Gasteiger partial charge in [-0.1, -0.05) is 47.0 Å². The summed E-state index contributed by atoms with van der Waals surface area (Å²) in [6.07, 6.45) is 3.70. The Kier molecular flexibility index (Phi) is 8.07. The maximum Gasteiger partial charge on any atom is 0.0801 e. The summed E-state index contributed by atoms with van der Waals surface area (Å²) in [7, 11) is 0. The average molecular weight is 216 g/mol. The van der Waals surface area contributed by atoms with Crippen LogP contribution in [0.15, 0.2) is 0 Å². The quantitative estimate of drug-likeness (QED) is 0.612. The van der Waals surface area contributed by atoms with Crippen molar-refractivity contribution >= 4 is 0 Å². The van der Waals surface area contributed by atoms with Crippen molar-refractivity contribution in [2.75, 3.05) is 0 Å². The normalized spacial score (nSPS) is 17.8. The van der Waals surface area contributed by atoms with Gasteiger partial charge in [0.25, 0.3) is 0 Å². The molecule has 0 fully saturated rings. The van der Waals surface area contributed by atoms with Crippen LogP contribution >= 0.6 is 0 Å². The van der Waals surface area contributed by atoms with E-state index in [1.807, 2.05) is 0 Å². The van der Waals surface area contributed by atoms with Gasteiger partial charge in [0.05, 0.1) is 12.2 Å². The molecule has 0 rings (SSSR count). The van der Waals surface area contributed by atoms with E-state index in [0.717, 1.165) is 25.7 Å². The molecule has 3 atom stereocenters. The summed E-state index contributed by atoms with van der Waals surface area (Å²) in [5.74, 6) is 1.04. The Morgan fingerprint density at radius 1 is 0.933 bits per heavy atom. The first-order chi connectivity index (χ1) is 6.99. The van der Waals surface area contributed by atoms with E-state index >= 15 is 0 Å². The van der Waals surface area contributed by atoms with Gasteiger partial charge in [0.2, 0.25) is 0 Å². The Bertz CT molecular complexity index is 145. The number of hydrogen-bond donors (Lipinski definition) is 2. The third-order valence-corrected chi connectivity index (χ3v) is 3.30. The van der Waals surface area contributed by atoms with Gasteiger partial charge in [0, 0.05) is 0 Å². The van der Waals surface area contributed by atoms with Gasteiger partial charge in [0.1, 0.15) is 0 Å². The van der Waals surface area contributed by atoms with Gasteiger partial charge in [-0.25, -0.2) is 0 Å². The molecule has 2 N–H and O–H groups in total. The monoisotopic (exact) mass is 216 g/mol. The largest absolute Gasteiger partial charge is 0.390 e. The molecular weight excluding hydrogens is 188 g/mol. The fourth-order valence-corrected chi connectivity index (χ4v) is 1.61. The van der Waals surface area contributed by atoms with Crippen LogP contribution in [0.25, 0.3) is 0 Å². The third-order valence-electron chi connectivity index (χ3n) is 3.30. The fourth-order valence-electron chi connectivity index (χ4n) is 1.61. The molecule has 0 aliphatic rings. The fraction of sp³-hybridized carbons (Fsp3) is 1.00. The average Bonchev–Trinajstić information content (AvgIpc) is 2.17. The van der Waals surface area contributed by atoms with E-state index in [-0.39, 0.29) is 0 Å². The van der Waals surface area contributed by atoms with Crippen molar-refractivity contribution < 1.29 is 10.2 Å². The highest BCUT2D eigenvalue weighted by atomic mass is 16.3. The molecular formula is C13H28O2.